The number of ether oxygens (including phenoxy) is 1. The third-order valence-electron chi connectivity index (χ3n) is 7.35. The van der Waals surface area contributed by atoms with Crippen LogP contribution in [0.15, 0.2) is 73.1 Å². The van der Waals surface area contributed by atoms with Crippen molar-refractivity contribution >= 4 is 33.8 Å². The van der Waals surface area contributed by atoms with Crippen LogP contribution in [0.25, 0.3) is 16.7 Å². The minimum atomic E-state index is 0.336. The SMILES string of the molecule is N[C@H]1CC[C@H](Nc2cc(Nc3ccc(N4CCOCC4)cc3)c3ncn(-c4ccccc4)c3c2)CC1. The summed E-state index contributed by atoms with van der Waals surface area (Å²) in [6.07, 6.45) is 6.26. The van der Waals surface area contributed by atoms with Crippen molar-refractivity contribution in [2.45, 2.75) is 37.8 Å². The second-order valence-corrected chi connectivity index (χ2v) is 9.87. The van der Waals surface area contributed by atoms with Crippen LogP contribution in [-0.2, 0) is 4.74 Å². The fourth-order valence-electron chi connectivity index (χ4n) is 5.32. The molecule has 1 aliphatic carbocycles. The van der Waals surface area contributed by atoms with Gasteiger partial charge in [-0.1, -0.05) is 18.2 Å². The van der Waals surface area contributed by atoms with Gasteiger partial charge in [-0.15, -0.1) is 0 Å². The number of rotatable bonds is 6. The van der Waals surface area contributed by atoms with E-state index in [4.69, 9.17) is 15.5 Å². The molecule has 3 aromatic carbocycles. The number of anilines is 4. The van der Waals surface area contributed by atoms with E-state index in [0.29, 0.717) is 12.1 Å². The van der Waals surface area contributed by atoms with Gasteiger partial charge >= 0.3 is 0 Å². The van der Waals surface area contributed by atoms with Crippen molar-refractivity contribution in [3.63, 3.8) is 0 Å². The van der Waals surface area contributed by atoms with Crippen LogP contribution in [0.3, 0.4) is 0 Å². The van der Waals surface area contributed by atoms with Gasteiger partial charge in [0, 0.05) is 47.9 Å². The number of morpholine rings is 1. The lowest BCUT2D eigenvalue weighted by Crippen LogP contribution is -2.36. The Balaban J connectivity index is 1.32. The first-order valence-corrected chi connectivity index (χ1v) is 13.0. The molecule has 186 valence electrons. The third-order valence-corrected chi connectivity index (χ3v) is 7.35. The van der Waals surface area contributed by atoms with Crippen LogP contribution in [0.4, 0.5) is 22.7 Å². The largest absolute Gasteiger partial charge is 0.382 e. The molecule has 7 heteroatoms. The Morgan fingerprint density at radius 2 is 1.58 bits per heavy atom. The summed E-state index contributed by atoms with van der Waals surface area (Å²) in [5.41, 5.74) is 13.6. The molecule has 0 spiro atoms. The lowest BCUT2D eigenvalue weighted by atomic mass is 9.91. The molecule has 1 saturated carbocycles. The number of nitrogens with one attached hydrogen (secondary N) is 2. The Bertz CT molecular complexity index is 1290. The fourth-order valence-corrected chi connectivity index (χ4v) is 5.32. The van der Waals surface area contributed by atoms with E-state index >= 15 is 0 Å². The maximum Gasteiger partial charge on any atom is 0.112 e. The average molecular weight is 483 g/mol. The minimum Gasteiger partial charge on any atom is -0.382 e. The van der Waals surface area contributed by atoms with Gasteiger partial charge in [-0.3, -0.25) is 4.57 Å². The maximum atomic E-state index is 6.14. The molecular weight excluding hydrogens is 448 g/mol. The Hall–Kier alpha value is -3.55. The van der Waals surface area contributed by atoms with Crippen molar-refractivity contribution in [2.75, 3.05) is 41.8 Å². The molecule has 4 N–H and O–H groups in total. The molecule has 36 heavy (non-hydrogen) atoms. The number of hydrogen-bond acceptors (Lipinski definition) is 6. The van der Waals surface area contributed by atoms with Crippen LogP contribution in [0.1, 0.15) is 25.7 Å². The molecule has 0 atom stereocenters. The van der Waals surface area contributed by atoms with Crippen molar-refractivity contribution in [1.29, 1.82) is 0 Å². The summed E-state index contributed by atoms with van der Waals surface area (Å²) in [7, 11) is 0. The van der Waals surface area contributed by atoms with Crippen LogP contribution >= 0.6 is 0 Å². The molecule has 1 aliphatic heterocycles. The fraction of sp³-hybridized carbons (Fsp3) is 0.345. The minimum absolute atomic E-state index is 0.336. The molecular formula is C29H34N6O. The van der Waals surface area contributed by atoms with Crippen LogP contribution in [0.2, 0.25) is 0 Å². The number of imidazole rings is 1. The lowest BCUT2D eigenvalue weighted by molar-refractivity contribution is 0.122. The highest BCUT2D eigenvalue weighted by molar-refractivity contribution is 5.94. The zero-order valence-electron chi connectivity index (χ0n) is 20.6. The Morgan fingerprint density at radius 3 is 2.33 bits per heavy atom. The lowest BCUT2D eigenvalue weighted by Gasteiger charge is -2.29. The normalized spacial score (nSPS) is 20.4. The van der Waals surface area contributed by atoms with Crippen LogP contribution in [0.5, 0.6) is 0 Å². The first-order valence-electron chi connectivity index (χ1n) is 13.0. The predicted molar refractivity (Wildman–Crippen MR) is 148 cm³/mol. The van der Waals surface area contributed by atoms with E-state index in [0.717, 1.165) is 85.8 Å². The van der Waals surface area contributed by atoms with E-state index in [-0.39, 0.29) is 0 Å². The van der Waals surface area contributed by atoms with Crippen LogP contribution in [-0.4, -0.2) is 47.9 Å². The molecule has 2 heterocycles. The van der Waals surface area contributed by atoms with E-state index < -0.39 is 0 Å². The first kappa shape index (κ1) is 22.9. The number of nitrogens with two attached hydrogens (primary N) is 1. The highest BCUT2D eigenvalue weighted by Crippen LogP contribution is 2.33. The van der Waals surface area contributed by atoms with E-state index in [2.05, 4.69) is 80.8 Å². The maximum absolute atomic E-state index is 6.14. The summed E-state index contributed by atoms with van der Waals surface area (Å²) in [6, 6.07) is 24.2. The van der Waals surface area contributed by atoms with Gasteiger partial charge < -0.3 is 26.0 Å². The molecule has 0 amide bonds. The Kier molecular flexibility index (Phi) is 6.49. The standard InChI is InChI=1S/C29H34N6O/c30-21-6-8-22(9-7-21)32-24-18-27(29-28(19-24)35(20-31-29)26-4-2-1-3-5-26)33-23-10-12-25(13-11-23)34-14-16-36-17-15-34/h1-5,10-13,18-22,32-33H,6-9,14-17,30H2/t21-,22-. The zero-order valence-corrected chi connectivity index (χ0v) is 20.6. The number of nitrogens with zero attached hydrogens (tertiary/aromatic N) is 3. The van der Waals surface area contributed by atoms with Crippen molar-refractivity contribution in [2.24, 2.45) is 5.73 Å². The number of benzene rings is 3. The Labute approximate surface area is 212 Å². The van der Waals surface area contributed by atoms with Crippen molar-refractivity contribution in [3.8, 4) is 5.69 Å². The quantitative estimate of drug-likeness (QED) is 0.347. The number of para-hydroxylation sites is 1. The molecule has 0 unspecified atom stereocenters. The molecule has 0 bridgehead atoms. The summed E-state index contributed by atoms with van der Waals surface area (Å²) < 4.78 is 7.65. The van der Waals surface area contributed by atoms with Crippen molar-refractivity contribution in [1.82, 2.24) is 9.55 Å². The van der Waals surface area contributed by atoms with E-state index in [1.165, 1.54) is 5.69 Å². The van der Waals surface area contributed by atoms with Gasteiger partial charge in [0.05, 0.1) is 24.4 Å². The van der Waals surface area contributed by atoms with Gasteiger partial charge in [0.25, 0.3) is 0 Å². The summed E-state index contributed by atoms with van der Waals surface area (Å²) in [6.45, 7) is 3.44. The second-order valence-electron chi connectivity index (χ2n) is 9.87. The number of fused-ring (bicyclic) bond motifs is 1. The number of hydrogen-bond donors (Lipinski definition) is 3. The molecule has 4 aromatic rings. The third kappa shape index (κ3) is 4.90. The summed E-state index contributed by atoms with van der Waals surface area (Å²) >= 11 is 0. The predicted octanol–water partition coefficient (Wildman–Crippen LogP) is 5.29. The Morgan fingerprint density at radius 1 is 0.833 bits per heavy atom. The molecule has 1 saturated heterocycles. The van der Waals surface area contributed by atoms with E-state index in [1.807, 2.05) is 12.4 Å². The van der Waals surface area contributed by atoms with E-state index in [1.54, 1.807) is 0 Å². The highest BCUT2D eigenvalue weighted by Gasteiger charge is 2.20. The van der Waals surface area contributed by atoms with Gasteiger partial charge in [-0.25, -0.2) is 4.98 Å². The van der Waals surface area contributed by atoms with Gasteiger partial charge in [-0.2, -0.15) is 0 Å². The molecule has 1 aromatic heterocycles. The monoisotopic (exact) mass is 482 g/mol. The van der Waals surface area contributed by atoms with Crippen molar-refractivity contribution in [3.05, 3.63) is 73.1 Å². The van der Waals surface area contributed by atoms with Crippen molar-refractivity contribution < 1.29 is 4.74 Å². The topological polar surface area (TPSA) is 80.4 Å². The van der Waals surface area contributed by atoms with Gasteiger partial charge in [0.2, 0.25) is 0 Å². The van der Waals surface area contributed by atoms with Gasteiger partial charge in [0.1, 0.15) is 11.8 Å². The summed E-state index contributed by atoms with van der Waals surface area (Å²) in [5.74, 6) is 0. The van der Waals surface area contributed by atoms with Gasteiger partial charge in [-0.05, 0) is 74.2 Å². The van der Waals surface area contributed by atoms with E-state index in [9.17, 15) is 0 Å². The molecule has 2 fully saturated rings. The highest BCUT2D eigenvalue weighted by atomic mass is 16.5. The smallest absolute Gasteiger partial charge is 0.112 e. The summed E-state index contributed by atoms with van der Waals surface area (Å²) in [5, 5.41) is 7.43. The second kappa shape index (κ2) is 10.2. The average Bonchev–Trinajstić information content (AvgIpc) is 3.36. The molecule has 2 aliphatic rings. The van der Waals surface area contributed by atoms with Crippen LogP contribution < -0.4 is 21.3 Å². The molecule has 6 rings (SSSR count). The zero-order chi connectivity index (χ0) is 24.3. The number of aromatic nitrogens is 2. The molecule has 7 nitrogen and oxygen atoms in total. The first-order chi connectivity index (χ1) is 17.7. The van der Waals surface area contributed by atoms with Crippen LogP contribution in [0, 0.1) is 0 Å². The molecule has 0 radical (unpaired) electrons. The summed E-state index contributed by atoms with van der Waals surface area (Å²) in [4.78, 5) is 7.18. The van der Waals surface area contributed by atoms with Gasteiger partial charge in [0.15, 0.2) is 0 Å².